The Morgan fingerprint density at radius 2 is 2.18 bits per heavy atom. The van der Waals surface area contributed by atoms with Gasteiger partial charge in [-0.15, -0.1) is 11.8 Å². The van der Waals surface area contributed by atoms with Crippen LogP contribution in [0.2, 0.25) is 0 Å². The Morgan fingerprint density at radius 3 is 2.82 bits per heavy atom. The monoisotopic (exact) mass is 255 g/mol. The van der Waals surface area contributed by atoms with Gasteiger partial charge in [-0.25, -0.2) is 0 Å². The molecule has 0 saturated carbocycles. The van der Waals surface area contributed by atoms with E-state index in [1.54, 1.807) is 0 Å². The summed E-state index contributed by atoms with van der Waals surface area (Å²) in [6, 6.07) is 0. The van der Waals surface area contributed by atoms with Gasteiger partial charge in [0.25, 0.3) is 0 Å². The van der Waals surface area contributed by atoms with Crippen molar-refractivity contribution in [2.75, 3.05) is 20.3 Å². The summed E-state index contributed by atoms with van der Waals surface area (Å²) in [5.74, 6) is 0. The van der Waals surface area contributed by atoms with Crippen molar-refractivity contribution >= 4 is 11.8 Å². The van der Waals surface area contributed by atoms with Crippen LogP contribution in [0, 0.1) is 6.92 Å². The minimum atomic E-state index is 0.675. The van der Waals surface area contributed by atoms with Crippen molar-refractivity contribution in [1.82, 2.24) is 15.1 Å². The number of nitrogens with one attached hydrogen (secondary N) is 1. The second kappa shape index (κ2) is 5.89. The van der Waals surface area contributed by atoms with E-state index in [-0.39, 0.29) is 0 Å². The third-order valence-corrected chi connectivity index (χ3v) is 4.63. The average Bonchev–Trinajstić information content (AvgIpc) is 2.58. The molecular formula is C12H21N3OS. The van der Waals surface area contributed by atoms with Gasteiger partial charge in [0.1, 0.15) is 0 Å². The summed E-state index contributed by atoms with van der Waals surface area (Å²) in [6.07, 6.45) is 2.29. The van der Waals surface area contributed by atoms with Crippen molar-refractivity contribution < 1.29 is 4.74 Å². The minimum absolute atomic E-state index is 0.675. The molecular weight excluding hydrogens is 234 g/mol. The van der Waals surface area contributed by atoms with E-state index in [2.05, 4.69) is 17.3 Å². The van der Waals surface area contributed by atoms with Crippen molar-refractivity contribution in [2.45, 2.75) is 36.6 Å². The first-order chi connectivity index (χ1) is 8.22. The number of aromatic nitrogens is 2. The van der Waals surface area contributed by atoms with Crippen LogP contribution < -0.4 is 5.32 Å². The number of hydrogen-bond donors (Lipinski definition) is 1. The molecule has 2 heterocycles. The highest BCUT2D eigenvalue weighted by Gasteiger charge is 2.20. The maximum absolute atomic E-state index is 5.40. The van der Waals surface area contributed by atoms with Gasteiger partial charge in [0, 0.05) is 37.6 Å². The van der Waals surface area contributed by atoms with Crippen LogP contribution in [0.25, 0.3) is 0 Å². The Kier molecular flexibility index (Phi) is 4.48. The largest absolute Gasteiger partial charge is 0.381 e. The fourth-order valence-corrected chi connectivity index (χ4v) is 3.46. The molecule has 0 atom stereocenters. The minimum Gasteiger partial charge on any atom is -0.381 e. The van der Waals surface area contributed by atoms with E-state index < -0.39 is 0 Å². The molecule has 17 heavy (non-hydrogen) atoms. The molecule has 0 radical (unpaired) electrons. The van der Waals surface area contributed by atoms with E-state index in [0.717, 1.165) is 38.3 Å². The zero-order valence-corrected chi connectivity index (χ0v) is 11.6. The third-order valence-electron chi connectivity index (χ3n) is 3.09. The topological polar surface area (TPSA) is 39.1 Å². The van der Waals surface area contributed by atoms with Gasteiger partial charge in [-0.2, -0.15) is 5.10 Å². The van der Waals surface area contributed by atoms with Gasteiger partial charge in [-0.05, 0) is 26.8 Å². The van der Waals surface area contributed by atoms with E-state index in [4.69, 9.17) is 4.74 Å². The van der Waals surface area contributed by atoms with Crippen LogP contribution in [0.1, 0.15) is 24.1 Å². The fraction of sp³-hybridized carbons (Fsp3) is 0.750. The van der Waals surface area contributed by atoms with Crippen molar-refractivity contribution in [3.8, 4) is 0 Å². The van der Waals surface area contributed by atoms with E-state index >= 15 is 0 Å². The standard InChI is InChI=1S/C12H21N3OS/c1-9-11(8-13-2)12(15(3)14-9)17-10-4-6-16-7-5-10/h10,13H,4-8H2,1-3H3. The Bertz CT molecular complexity index is 372. The first-order valence-corrected chi connectivity index (χ1v) is 7.01. The summed E-state index contributed by atoms with van der Waals surface area (Å²) in [7, 11) is 4.02. The zero-order valence-electron chi connectivity index (χ0n) is 10.8. The number of aryl methyl sites for hydroxylation is 2. The van der Waals surface area contributed by atoms with E-state index in [9.17, 15) is 0 Å². The van der Waals surface area contributed by atoms with Gasteiger partial charge < -0.3 is 10.1 Å². The fourth-order valence-electron chi connectivity index (χ4n) is 2.16. The van der Waals surface area contributed by atoms with Gasteiger partial charge in [0.15, 0.2) is 0 Å². The Morgan fingerprint density at radius 1 is 1.47 bits per heavy atom. The average molecular weight is 255 g/mol. The summed E-state index contributed by atoms with van der Waals surface area (Å²) in [6.45, 7) is 4.78. The summed E-state index contributed by atoms with van der Waals surface area (Å²) >= 11 is 1.96. The first kappa shape index (κ1) is 12.9. The molecule has 1 saturated heterocycles. The smallest absolute Gasteiger partial charge is 0.0987 e. The van der Waals surface area contributed by atoms with Crippen molar-refractivity contribution in [1.29, 1.82) is 0 Å². The number of rotatable bonds is 4. The van der Waals surface area contributed by atoms with Crippen LogP contribution in [0.4, 0.5) is 0 Å². The van der Waals surface area contributed by atoms with Crippen LogP contribution in [-0.2, 0) is 18.3 Å². The van der Waals surface area contributed by atoms with Crippen LogP contribution in [0.15, 0.2) is 5.03 Å². The SMILES string of the molecule is CNCc1c(C)nn(C)c1SC1CCOCC1. The first-order valence-electron chi connectivity index (χ1n) is 6.14. The molecule has 2 rings (SSSR count). The Balaban J connectivity index is 2.12. The van der Waals surface area contributed by atoms with Crippen LogP contribution in [0.3, 0.4) is 0 Å². The molecule has 1 aliphatic heterocycles. The van der Waals surface area contributed by atoms with Gasteiger partial charge >= 0.3 is 0 Å². The molecule has 0 aliphatic carbocycles. The second-order valence-corrected chi connectivity index (χ2v) is 5.74. The van der Waals surface area contributed by atoms with E-state index in [1.807, 2.05) is 30.5 Å². The Labute approximate surface area is 107 Å². The van der Waals surface area contributed by atoms with Gasteiger partial charge in [-0.3, -0.25) is 4.68 Å². The summed E-state index contributed by atoms with van der Waals surface area (Å²) < 4.78 is 7.42. The lowest BCUT2D eigenvalue weighted by Crippen LogP contribution is -2.18. The molecule has 1 N–H and O–H groups in total. The van der Waals surface area contributed by atoms with Crippen LogP contribution in [0.5, 0.6) is 0 Å². The number of ether oxygens (including phenoxy) is 1. The molecule has 1 aromatic heterocycles. The molecule has 1 aromatic rings. The van der Waals surface area contributed by atoms with E-state index in [0.29, 0.717) is 5.25 Å². The van der Waals surface area contributed by atoms with Gasteiger partial charge in [0.05, 0.1) is 10.7 Å². The molecule has 1 aliphatic rings. The highest BCUT2D eigenvalue weighted by Crippen LogP contribution is 2.32. The molecule has 0 unspecified atom stereocenters. The van der Waals surface area contributed by atoms with Gasteiger partial charge in [-0.1, -0.05) is 0 Å². The molecule has 0 amide bonds. The lowest BCUT2D eigenvalue weighted by molar-refractivity contribution is 0.1000. The predicted octanol–water partition coefficient (Wildman–Crippen LogP) is 1.72. The van der Waals surface area contributed by atoms with E-state index in [1.165, 1.54) is 10.6 Å². The Hall–Kier alpha value is -0.520. The zero-order chi connectivity index (χ0) is 12.3. The molecule has 5 heteroatoms. The quantitative estimate of drug-likeness (QED) is 0.889. The van der Waals surface area contributed by atoms with Gasteiger partial charge in [0.2, 0.25) is 0 Å². The highest BCUT2D eigenvalue weighted by atomic mass is 32.2. The normalized spacial score (nSPS) is 17.6. The number of nitrogens with zero attached hydrogens (tertiary/aromatic N) is 2. The molecule has 0 bridgehead atoms. The summed E-state index contributed by atoms with van der Waals surface area (Å²) in [5, 5.41) is 9.73. The maximum Gasteiger partial charge on any atom is 0.0987 e. The number of hydrogen-bond acceptors (Lipinski definition) is 4. The highest BCUT2D eigenvalue weighted by molar-refractivity contribution is 7.99. The lowest BCUT2D eigenvalue weighted by Gasteiger charge is -2.21. The van der Waals surface area contributed by atoms with Crippen LogP contribution >= 0.6 is 11.8 Å². The lowest BCUT2D eigenvalue weighted by atomic mass is 10.2. The molecule has 0 aromatic carbocycles. The molecule has 0 spiro atoms. The van der Waals surface area contributed by atoms with Crippen molar-refractivity contribution in [3.05, 3.63) is 11.3 Å². The molecule has 96 valence electrons. The maximum atomic E-state index is 5.40. The van der Waals surface area contributed by atoms with Crippen molar-refractivity contribution in [2.24, 2.45) is 7.05 Å². The molecule has 4 nitrogen and oxygen atoms in total. The van der Waals surface area contributed by atoms with Crippen LogP contribution in [-0.4, -0.2) is 35.3 Å². The third kappa shape index (κ3) is 3.03. The summed E-state index contributed by atoms with van der Waals surface area (Å²) in [4.78, 5) is 0. The second-order valence-electron chi connectivity index (χ2n) is 4.45. The van der Waals surface area contributed by atoms with Crippen molar-refractivity contribution in [3.63, 3.8) is 0 Å². The molecule has 1 fully saturated rings. The predicted molar refractivity (Wildman–Crippen MR) is 70.4 cm³/mol. The number of thioether (sulfide) groups is 1. The summed E-state index contributed by atoms with van der Waals surface area (Å²) in [5.41, 5.74) is 2.47.